The van der Waals surface area contributed by atoms with Crippen molar-refractivity contribution in [1.82, 2.24) is 24.6 Å². The van der Waals surface area contributed by atoms with Crippen LogP contribution in [-0.2, 0) is 4.79 Å². The number of carbonyl (C=O) groups excluding carboxylic acids is 1. The van der Waals surface area contributed by atoms with Crippen LogP contribution in [0.3, 0.4) is 0 Å². The van der Waals surface area contributed by atoms with Gasteiger partial charge in [-0.05, 0) is 19.8 Å². The molecule has 1 aliphatic rings. The van der Waals surface area contributed by atoms with Crippen molar-refractivity contribution in [2.75, 3.05) is 17.2 Å². The first-order valence-corrected chi connectivity index (χ1v) is 10.8. The highest BCUT2D eigenvalue weighted by molar-refractivity contribution is 6.35. The number of hydrogen-bond acceptors (Lipinski definition) is 6. The fraction of sp³-hybridized carbons (Fsp3) is 0.333. The summed E-state index contributed by atoms with van der Waals surface area (Å²) >= 11 is 6.45. The minimum atomic E-state index is -1.10. The number of aliphatic hydroxyl groups excluding tert-OH is 1. The number of hydrogen-bond donors (Lipinski definition) is 4. The third-order valence-electron chi connectivity index (χ3n) is 5.64. The number of halogens is 3. The summed E-state index contributed by atoms with van der Waals surface area (Å²) in [5.41, 5.74) is 1.74. The van der Waals surface area contributed by atoms with E-state index in [4.69, 9.17) is 16.7 Å². The molecule has 1 fully saturated rings. The van der Waals surface area contributed by atoms with Crippen molar-refractivity contribution in [1.29, 1.82) is 0 Å². The van der Waals surface area contributed by atoms with Crippen molar-refractivity contribution in [3.05, 3.63) is 35.6 Å². The summed E-state index contributed by atoms with van der Waals surface area (Å²) in [4.78, 5) is 20.6. The van der Waals surface area contributed by atoms with Crippen molar-refractivity contribution in [3.8, 4) is 11.3 Å². The normalized spacial score (nSPS) is 18.6. The van der Waals surface area contributed by atoms with E-state index in [1.807, 2.05) is 6.92 Å². The van der Waals surface area contributed by atoms with E-state index in [9.17, 15) is 9.18 Å². The number of alkyl halides is 1. The molecule has 3 aromatic heterocycles. The molecule has 1 aliphatic carbocycles. The molecule has 1 aromatic carbocycles. The maximum atomic E-state index is 15.3. The lowest BCUT2D eigenvalue weighted by Gasteiger charge is -2.17. The number of H-pyrrole nitrogens is 1. The molecule has 1 amide bonds. The number of aromatic amines is 1. The zero-order chi connectivity index (χ0) is 23.3. The number of nitrogens with zero attached hydrogens (tertiary/aromatic N) is 4. The van der Waals surface area contributed by atoms with Gasteiger partial charge in [-0.2, -0.15) is 5.10 Å². The number of aliphatic hydroxyl groups is 1. The molecule has 0 saturated heterocycles. The molecule has 3 atom stereocenters. The molecule has 5 rings (SSSR count). The highest BCUT2D eigenvalue weighted by Crippen LogP contribution is 2.41. The number of aromatic nitrogens is 5. The third kappa shape index (κ3) is 3.87. The number of fused-ring (bicyclic) bond motifs is 2. The SMILES string of the molecule is CC(CCO)Nc1c(F)c(Cl)c(-c2cn3cc(NC(=O)C4CC4F)nc3cn2)c2cn[nH]c12. The fourth-order valence-corrected chi connectivity index (χ4v) is 4.05. The number of nitrogens with one attached hydrogen (secondary N) is 3. The molecule has 0 radical (unpaired) electrons. The van der Waals surface area contributed by atoms with E-state index in [2.05, 4.69) is 30.8 Å². The van der Waals surface area contributed by atoms with E-state index < -0.39 is 23.8 Å². The Kier molecular flexibility index (Phi) is 5.37. The second-order valence-electron chi connectivity index (χ2n) is 8.11. The Hall–Kier alpha value is -3.31. The molecule has 9 nitrogen and oxygen atoms in total. The first-order valence-electron chi connectivity index (χ1n) is 10.4. The van der Waals surface area contributed by atoms with Gasteiger partial charge >= 0.3 is 0 Å². The third-order valence-corrected chi connectivity index (χ3v) is 6.00. The second kappa shape index (κ2) is 8.23. The summed E-state index contributed by atoms with van der Waals surface area (Å²) in [6.07, 6.45) is 5.73. The van der Waals surface area contributed by atoms with Gasteiger partial charge in [-0.1, -0.05) is 11.6 Å². The van der Waals surface area contributed by atoms with Crippen LogP contribution in [0.25, 0.3) is 27.8 Å². The molecular weight excluding hydrogens is 456 g/mol. The zero-order valence-electron chi connectivity index (χ0n) is 17.4. The number of carbonyl (C=O) groups is 1. The monoisotopic (exact) mass is 475 g/mol. The van der Waals surface area contributed by atoms with E-state index >= 15 is 4.39 Å². The van der Waals surface area contributed by atoms with Crippen molar-refractivity contribution in [3.63, 3.8) is 0 Å². The average molecular weight is 476 g/mol. The molecule has 0 spiro atoms. The van der Waals surface area contributed by atoms with Crippen LogP contribution in [0.5, 0.6) is 0 Å². The van der Waals surface area contributed by atoms with Gasteiger partial charge in [0.05, 0.1) is 46.4 Å². The van der Waals surface area contributed by atoms with Crippen LogP contribution in [0.1, 0.15) is 19.8 Å². The molecule has 4 N–H and O–H groups in total. The summed E-state index contributed by atoms with van der Waals surface area (Å²) in [6.45, 7) is 1.78. The van der Waals surface area contributed by atoms with Crippen LogP contribution < -0.4 is 10.6 Å². The lowest BCUT2D eigenvalue weighted by Crippen LogP contribution is -2.18. The van der Waals surface area contributed by atoms with E-state index in [1.54, 1.807) is 16.8 Å². The Labute approximate surface area is 191 Å². The van der Waals surface area contributed by atoms with Gasteiger partial charge in [0.25, 0.3) is 0 Å². The second-order valence-corrected chi connectivity index (χ2v) is 8.48. The molecule has 172 valence electrons. The van der Waals surface area contributed by atoms with E-state index in [0.717, 1.165) is 0 Å². The number of amides is 1. The number of anilines is 2. The van der Waals surface area contributed by atoms with Crippen LogP contribution in [0.4, 0.5) is 20.3 Å². The van der Waals surface area contributed by atoms with E-state index in [1.165, 1.54) is 12.4 Å². The smallest absolute Gasteiger partial charge is 0.231 e. The van der Waals surface area contributed by atoms with E-state index in [-0.39, 0.29) is 35.6 Å². The van der Waals surface area contributed by atoms with Crippen LogP contribution in [0.2, 0.25) is 5.02 Å². The summed E-state index contributed by atoms with van der Waals surface area (Å²) in [7, 11) is 0. The minimum Gasteiger partial charge on any atom is -0.396 e. The minimum absolute atomic E-state index is 0.0416. The molecule has 1 saturated carbocycles. The van der Waals surface area contributed by atoms with Gasteiger partial charge in [0, 0.05) is 29.8 Å². The van der Waals surface area contributed by atoms with Gasteiger partial charge < -0.3 is 20.1 Å². The van der Waals surface area contributed by atoms with Crippen LogP contribution in [0.15, 0.2) is 24.8 Å². The predicted octanol–water partition coefficient (Wildman–Crippen LogP) is 3.54. The maximum absolute atomic E-state index is 15.3. The molecule has 3 heterocycles. The van der Waals surface area contributed by atoms with Gasteiger partial charge in [-0.3, -0.25) is 14.9 Å². The molecule has 12 heteroatoms. The number of benzene rings is 1. The van der Waals surface area contributed by atoms with Crippen LogP contribution >= 0.6 is 11.6 Å². The van der Waals surface area contributed by atoms with Crippen molar-refractivity contribution in [2.24, 2.45) is 5.92 Å². The Morgan fingerprint density at radius 3 is 2.94 bits per heavy atom. The van der Waals surface area contributed by atoms with Gasteiger partial charge in [-0.15, -0.1) is 0 Å². The van der Waals surface area contributed by atoms with Gasteiger partial charge in [0.15, 0.2) is 17.3 Å². The van der Waals surface area contributed by atoms with Crippen molar-refractivity contribution in [2.45, 2.75) is 32.0 Å². The largest absolute Gasteiger partial charge is 0.396 e. The van der Waals surface area contributed by atoms with Gasteiger partial charge in [-0.25, -0.2) is 13.8 Å². The molecule has 0 aliphatic heterocycles. The fourth-order valence-electron chi connectivity index (χ4n) is 3.75. The summed E-state index contributed by atoms with van der Waals surface area (Å²) in [6, 6.07) is -0.199. The van der Waals surface area contributed by atoms with Crippen molar-refractivity contribution < 1.29 is 18.7 Å². The average Bonchev–Trinajstić information content (AvgIpc) is 3.15. The first-order chi connectivity index (χ1) is 15.9. The molecule has 4 aromatic rings. The topological polar surface area (TPSA) is 120 Å². The predicted molar refractivity (Wildman–Crippen MR) is 119 cm³/mol. The highest BCUT2D eigenvalue weighted by atomic mass is 35.5. The van der Waals surface area contributed by atoms with Gasteiger partial charge in [0.2, 0.25) is 5.91 Å². The molecule has 0 bridgehead atoms. The van der Waals surface area contributed by atoms with E-state index in [0.29, 0.717) is 34.2 Å². The lowest BCUT2D eigenvalue weighted by molar-refractivity contribution is -0.117. The first kappa shape index (κ1) is 21.5. The van der Waals surface area contributed by atoms with Crippen LogP contribution in [0, 0.1) is 11.7 Å². The van der Waals surface area contributed by atoms with Crippen LogP contribution in [-0.4, -0.2) is 54.4 Å². The summed E-state index contributed by atoms with van der Waals surface area (Å²) in [5.74, 6) is -1.45. The maximum Gasteiger partial charge on any atom is 0.231 e. The molecule has 33 heavy (non-hydrogen) atoms. The van der Waals surface area contributed by atoms with Crippen molar-refractivity contribution >= 4 is 45.6 Å². The van der Waals surface area contributed by atoms with Gasteiger partial charge in [0.1, 0.15) is 6.17 Å². The highest BCUT2D eigenvalue weighted by Gasteiger charge is 2.43. The Morgan fingerprint density at radius 1 is 1.42 bits per heavy atom. The molecule has 3 unspecified atom stereocenters. The molecular formula is C21H20ClF2N7O2. The Balaban J connectivity index is 1.53. The Bertz CT molecular complexity index is 1370. The summed E-state index contributed by atoms with van der Waals surface area (Å²) in [5, 5.41) is 22.1. The lowest BCUT2D eigenvalue weighted by atomic mass is 10.0. The Morgan fingerprint density at radius 2 is 2.21 bits per heavy atom. The standard InChI is InChI=1S/C21H20ClF2N7O2/c1-9(2-3-32)27-20-18(24)17(22)16(11-5-26-30-19(11)20)13-7-31-8-14(28-15(31)6-25-13)29-21(33)10-4-12(10)23/h5-10,12,27,32H,2-4H2,1H3,(H,26,30)(H,29,33). The quantitative estimate of drug-likeness (QED) is 0.324. The zero-order valence-corrected chi connectivity index (χ0v) is 18.2. The number of imidazole rings is 1. The summed E-state index contributed by atoms with van der Waals surface area (Å²) < 4.78 is 30.0. The number of rotatable bonds is 7.